The summed E-state index contributed by atoms with van der Waals surface area (Å²) in [5, 5.41) is 2.60. The molecule has 2 aromatic carbocycles. The highest BCUT2D eigenvalue weighted by molar-refractivity contribution is 5.95. The Morgan fingerprint density at radius 1 is 1.15 bits per heavy atom. The van der Waals surface area contributed by atoms with Crippen LogP contribution in [0, 0.1) is 12.7 Å². The van der Waals surface area contributed by atoms with Crippen LogP contribution >= 0.6 is 0 Å². The van der Waals surface area contributed by atoms with Crippen molar-refractivity contribution in [3.8, 4) is 22.6 Å². The summed E-state index contributed by atoms with van der Waals surface area (Å²) in [6.45, 7) is 1.93. The molecule has 1 aliphatic rings. The van der Waals surface area contributed by atoms with Gasteiger partial charge in [-0.1, -0.05) is 12.1 Å². The summed E-state index contributed by atoms with van der Waals surface area (Å²) in [7, 11) is 0. The first-order valence-electron chi connectivity index (χ1n) is 8.52. The molecule has 136 valence electrons. The SMILES string of the molecule is Cc1cc(NC(=O)C2COc3ccccc3O2)c(F)cc1-c1ccncc1. The molecule has 0 bridgehead atoms. The molecule has 2 heterocycles. The van der Waals surface area contributed by atoms with Crippen LogP contribution in [-0.4, -0.2) is 23.6 Å². The summed E-state index contributed by atoms with van der Waals surface area (Å²) in [6.07, 6.45) is 2.46. The normalized spacial score (nSPS) is 15.3. The molecular weight excluding hydrogens is 347 g/mol. The molecule has 1 N–H and O–H groups in total. The van der Waals surface area contributed by atoms with Crippen LogP contribution in [0.1, 0.15) is 5.56 Å². The van der Waals surface area contributed by atoms with Crippen molar-refractivity contribution < 1.29 is 18.7 Å². The third-order valence-electron chi connectivity index (χ3n) is 4.36. The monoisotopic (exact) mass is 364 g/mol. The Kier molecular flexibility index (Phi) is 4.46. The van der Waals surface area contributed by atoms with Gasteiger partial charge in [-0.3, -0.25) is 9.78 Å². The Balaban J connectivity index is 1.53. The van der Waals surface area contributed by atoms with Gasteiger partial charge in [-0.25, -0.2) is 4.39 Å². The number of amides is 1. The highest BCUT2D eigenvalue weighted by Crippen LogP contribution is 2.32. The maximum absolute atomic E-state index is 14.6. The van der Waals surface area contributed by atoms with Gasteiger partial charge in [-0.2, -0.15) is 0 Å². The highest BCUT2D eigenvalue weighted by atomic mass is 19.1. The van der Waals surface area contributed by atoms with E-state index < -0.39 is 17.8 Å². The molecule has 0 fully saturated rings. The number of aryl methyl sites for hydroxylation is 1. The molecule has 0 aliphatic carbocycles. The third kappa shape index (κ3) is 3.46. The Morgan fingerprint density at radius 3 is 2.67 bits per heavy atom. The van der Waals surface area contributed by atoms with E-state index in [0.717, 1.165) is 16.7 Å². The van der Waals surface area contributed by atoms with Gasteiger partial charge >= 0.3 is 0 Å². The Hall–Kier alpha value is -3.41. The van der Waals surface area contributed by atoms with Crippen molar-refractivity contribution in [1.29, 1.82) is 0 Å². The van der Waals surface area contributed by atoms with Crippen LogP contribution in [0.2, 0.25) is 0 Å². The molecule has 5 nitrogen and oxygen atoms in total. The van der Waals surface area contributed by atoms with Crippen LogP contribution in [-0.2, 0) is 4.79 Å². The minimum Gasteiger partial charge on any atom is -0.485 e. The third-order valence-corrected chi connectivity index (χ3v) is 4.36. The van der Waals surface area contributed by atoms with E-state index in [1.165, 1.54) is 6.07 Å². The fourth-order valence-corrected chi connectivity index (χ4v) is 2.98. The summed E-state index contributed by atoms with van der Waals surface area (Å²) in [5.41, 5.74) is 2.56. The number of ether oxygens (including phenoxy) is 2. The zero-order valence-electron chi connectivity index (χ0n) is 14.6. The van der Waals surface area contributed by atoms with Gasteiger partial charge < -0.3 is 14.8 Å². The number of pyridine rings is 1. The number of benzene rings is 2. The molecular formula is C21H17FN2O3. The number of anilines is 1. The molecule has 1 amide bonds. The average molecular weight is 364 g/mol. The standard InChI is InChI=1S/C21H17FN2O3/c1-13-10-17(16(22)11-15(13)14-6-8-23-9-7-14)24-21(25)20-12-26-18-4-2-3-5-19(18)27-20/h2-11,20H,12H2,1H3,(H,24,25). The number of aromatic nitrogens is 1. The van der Waals surface area contributed by atoms with E-state index in [-0.39, 0.29) is 12.3 Å². The molecule has 1 aromatic heterocycles. The predicted octanol–water partition coefficient (Wildman–Crippen LogP) is 3.97. The second-order valence-corrected chi connectivity index (χ2v) is 6.24. The fraction of sp³-hybridized carbons (Fsp3) is 0.143. The van der Waals surface area contributed by atoms with Crippen molar-refractivity contribution in [1.82, 2.24) is 4.98 Å². The lowest BCUT2D eigenvalue weighted by Crippen LogP contribution is -2.40. The Morgan fingerprint density at radius 2 is 1.89 bits per heavy atom. The maximum Gasteiger partial charge on any atom is 0.269 e. The fourth-order valence-electron chi connectivity index (χ4n) is 2.98. The molecule has 3 aromatic rings. The lowest BCUT2D eigenvalue weighted by Gasteiger charge is -2.25. The van der Waals surface area contributed by atoms with Gasteiger partial charge in [0.15, 0.2) is 11.5 Å². The molecule has 0 spiro atoms. The predicted molar refractivity (Wildman–Crippen MR) is 99.4 cm³/mol. The largest absolute Gasteiger partial charge is 0.485 e. The van der Waals surface area contributed by atoms with Crippen LogP contribution in [0.15, 0.2) is 60.9 Å². The second kappa shape index (κ2) is 7.07. The number of halogens is 1. The van der Waals surface area contributed by atoms with E-state index in [0.29, 0.717) is 11.5 Å². The van der Waals surface area contributed by atoms with Gasteiger partial charge in [0.05, 0.1) is 5.69 Å². The first-order valence-corrected chi connectivity index (χ1v) is 8.52. The van der Waals surface area contributed by atoms with E-state index >= 15 is 0 Å². The average Bonchev–Trinajstić information content (AvgIpc) is 2.70. The summed E-state index contributed by atoms with van der Waals surface area (Å²) in [6, 6.07) is 13.8. The highest BCUT2D eigenvalue weighted by Gasteiger charge is 2.28. The number of nitrogens with one attached hydrogen (secondary N) is 1. The van der Waals surface area contributed by atoms with Crippen LogP contribution in [0.5, 0.6) is 11.5 Å². The lowest BCUT2D eigenvalue weighted by atomic mass is 10.0. The van der Waals surface area contributed by atoms with Gasteiger partial charge in [-0.15, -0.1) is 0 Å². The number of fused-ring (bicyclic) bond motifs is 1. The van der Waals surface area contributed by atoms with Gasteiger partial charge in [0.1, 0.15) is 12.4 Å². The second-order valence-electron chi connectivity index (χ2n) is 6.24. The van der Waals surface area contributed by atoms with E-state index in [9.17, 15) is 9.18 Å². The topological polar surface area (TPSA) is 60.5 Å². The van der Waals surface area contributed by atoms with Crippen molar-refractivity contribution in [3.05, 3.63) is 72.3 Å². The zero-order chi connectivity index (χ0) is 18.8. The number of para-hydroxylation sites is 2. The van der Waals surface area contributed by atoms with Crippen molar-refractivity contribution in [2.24, 2.45) is 0 Å². The first kappa shape index (κ1) is 17.0. The van der Waals surface area contributed by atoms with Crippen LogP contribution in [0.4, 0.5) is 10.1 Å². The van der Waals surface area contributed by atoms with E-state index in [1.54, 1.807) is 36.7 Å². The minimum absolute atomic E-state index is 0.0680. The molecule has 0 saturated heterocycles. The molecule has 0 saturated carbocycles. The quantitative estimate of drug-likeness (QED) is 0.764. The first-order chi connectivity index (χ1) is 13.1. The maximum atomic E-state index is 14.6. The summed E-state index contributed by atoms with van der Waals surface area (Å²) in [5.74, 6) is 0.108. The van der Waals surface area contributed by atoms with Gasteiger partial charge in [0, 0.05) is 12.4 Å². The van der Waals surface area contributed by atoms with Crippen LogP contribution in [0.3, 0.4) is 0 Å². The lowest BCUT2D eigenvalue weighted by molar-refractivity contribution is -0.125. The summed E-state index contributed by atoms with van der Waals surface area (Å²) < 4.78 is 25.8. The van der Waals surface area contributed by atoms with Gasteiger partial charge in [0.25, 0.3) is 5.91 Å². The van der Waals surface area contributed by atoms with E-state index in [4.69, 9.17) is 9.47 Å². The molecule has 4 rings (SSSR count). The molecule has 27 heavy (non-hydrogen) atoms. The van der Waals surface area contributed by atoms with Crippen molar-refractivity contribution in [2.45, 2.75) is 13.0 Å². The number of hydrogen-bond donors (Lipinski definition) is 1. The van der Waals surface area contributed by atoms with E-state index in [1.807, 2.05) is 25.1 Å². The van der Waals surface area contributed by atoms with E-state index in [2.05, 4.69) is 10.3 Å². The van der Waals surface area contributed by atoms with Gasteiger partial charge in [-0.05, 0) is 60.0 Å². The van der Waals surface area contributed by atoms with Gasteiger partial charge in [0.2, 0.25) is 6.10 Å². The molecule has 1 atom stereocenters. The molecule has 6 heteroatoms. The number of nitrogens with zero attached hydrogens (tertiary/aromatic N) is 1. The van der Waals surface area contributed by atoms with Crippen molar-refractivity contribution >= 4 is 11.6 Å². The van der Waals surface area contributed by atoms with Crippen LogP contribution in [0.25, 0.3) is 11.1 Å². The number of carbonyl (C=O) groups excluding carboxylic acids is 1. The summed E-state index contributed by atoms with van der Waals surface area (Å²) in [4.78, 5) is 16.5. The summed E-state index contributed by atoms with van der Waals surface area (Å²) >= 11 is 0. The number of rotatable bonds is 3. The molecule has 1 aliphatic heterocycles. The van der Waals surface area contributed by atoms with Crippen LogP contribution < -0.4 is 14.8 Å². The number of carbonyl (C=O) groups is 1. The molecule has 1 unspecified atom stereocenters. The zero-order valence-corrected chi connectivity index (χ0v) is 14.6. The molecule has 0 radical (unpaired) electrons. The Labute approximate surface area is 155 Å². The minimum atomic E-state index is -0.848. The number of hydrogen-bond acceptors (Lipinski definition) is 4. The Bertz CT molecular complexity index is 992. The van der Waals surface area contributed by atoms with Crippen molar-refractivity contribution in [3.63, 3.8) is 0 Å². The van der Waals surface area contributed by atoms with Crippen molar-refractivity contribution in [2.75, 3.05) is 11.9 Å². The smallest absolute Gasteiger partial charge is 0.269 e.